The summed E-state index contributed by atoms with van der Waals surface area (Å²) >= 11 is 0. The highest BCUT2D eigenvalue weighted by atomic mass is 16.6. The molecule has 1 aromatic carbocycles. The summed E-state index contributed by atoms with van der Waals surface area (Å²) in [5.74, 6) is 0. The Morgan fingerprint density at radius 1 is 1.47 bits per heavy atom. The molecule has 0 spiro atoms. The van der Waals surface area contributed by atoms with Gasteiger partial charge in [0, 0.05) is 17.8 Å². The maximum absolute atomic E-state index is 10.6. The number of nitrogen functional groups attached to an aromatic ring is 1. The number of non-ortho nitro benzene ring substituents is 1. The van der Waals surface area contributed by atoms with Crippen LogP contribution >= 0.6 is 0 Å². The zero-order valence-corrected chi connectivity index (χ0v) is 9.28. The van der Waals surface area contributed by atoms with Crippen molar-refractivity contribution >= 4 is 11.4 Å². The minimum Gasteiger partial charge on any atom is -0.398 e. The van der Waals surface area contributed by atoms with Crippen molar-refractivity contribution in [2.24, 2.45) is 0 Å². The van der Waals surface area contributed by atoms with E-state index in [1.54, 1.807) is 12.1 Å². The molecule has 15 heavy (non-hydrogen) atoms. The Bertz CT molecular complexity index is 386. The van der Waals surface area contributed by atoms with E-state index in [2.05, 4.69) is 0 Å². The van der Waals surface area contributed by atoms with Crippen LogP contribution in [0, 0.1) is 10.1 Å². The second-order valence-corrected chi connectivity index (χ2v) is 4.27. The fraction of sp³-hybridized carbons (Fsp3) is 0.455. The highest BCUT2D eigenvalue weighted by Gasteiger charge is 2.23. The van der Waals surface area contributed by atoms with Gasteiger partial charge in [0.15, 0.2) is 0 Å². The van der Waals surface area contributed by atoms with Gasteiger partial charge in [-0.15, -0.1) is 0 Å². The van der Waals surface area contributed by atoms with Gasteiger partial charge in [0.05, 0.1) is 4.92 Å². The number of nitro groups is 1. The topological polar surface area (TPSA) is 69.2 Å². The minimum atomic E-state index is -0.394. The summed E-state index contributed by atoms with van der Waals surface area (Å²) in [6.45, 7) is 6.10. The highest BCUT2D eigenvalue weighted by Crippen LogP contribution is 2.33. The van der Waals surface area contributed by atoms with Crippen molar-refractivity contribution in [1.82, 2.24) is 0 Å². The molecule has 82 valence electrons. The van der Waals surface area contributed by atoms with Crippen LogP contribution in [-0.4, -0.2) is 4.92 Å². The van der Waals surface area contributed by atoms with E-state index in [0.717, 1.165) is 12.0 Å². The molecule has 2 N–H and O–H groups in total. The number of anilines is 1. The predicted octanol–water partition coefficient (Wildman–Crippen LogP) is 2.86. The maximum Gasteiger partial charge on any atom is 0.269 e. The van der Waals surface area contributed by atoms with Crippen LogP contribution in [0.4, 0.5) is 11.4 Å². The third kappa shape index (κ3) is 2.26. The quantitative estimate of drug-likeness (QED) is 0.471. The molecule has 0 fully saturated rings. The van der Waals surface area contributed by atoms with Gasteiger partial charge in [0.2, 0.25) is 0 Å². The number of hydrogen-bond donors (Lipinski definition) is 1. The van der Waals surface area contributed by atoms with Gasteiger partial charge in [-0.1, -0.05) is 20.8 Å². The summed E-state index contributed by atoms with van der Waals surface area (Å²) < 4.78 is 0. The van der Waals surface area contributed by atoms with Crippen LogP contribution in [0.15, 0.2) is 18.2 Å². The molecule has 4 nitrogen and oxygen atoms in total. The lowest BCUT2D eigenvalue weighted by atomic mass is 9.81. The van der Waals surface area contributed by atoms with Gasteiger partial charge in [0.1, 0.15) is 0 Å². The van der Waals surface area contributed by atoms with Gasteiger partial charge in [-0.2, -0.15) is 0 Å². The molecular formula is C11H16N2O2. The van der Waals surface area contributed by atoms with Gasteiger partial charge in [0.25, 0.3) is 5.69 Å². The zero-order valence-electron chi connectivity index (χ0n) is 9.28. The summed E-state index contributed by atoms with van der Waals surface area (Å²) in [4.78, 5) is 10.3. The molecule has 0 amide bonds. The van der Waals surface area contributed by atoms with E-state index in [1.165, 1.54) is 6.07 Å². The van der Waals surface area contributed by atoms with Crippen LogP contribution in [0.3, 0.4) is 0 Å². The van der Waals surface area contributed by atoms with Crippen molar-refractivity contribution in [3.8, 4) is 0 Å². The van der Waals surface area contributed by atoms with Crippen molar-refractivity contribution in [2.45, 2.75) is 32.6 Å². The fourth-order valence-electron chi connectivity index (χ4n) is 1.43. The molecular weight excluding hydrogens is 192 g/mol. The Morgan fingerprint density at radius 2 is 2.07 bits per heavy atom. The molecule has 0 atom stereocenters. The molecule has 0 aliphatic heterocycles. The van der Waals surface area contributed by atoms with Gasteiger partial charge in [-0.05, 0) is 23.5 Å². The molecule has 0 unspecified atom stereocenters. The van der Waals surface area contributed by atoms with Crippen molar-refractivity contribution in [1.29, 1.82) is 0 Å². The zero-order chi connectivity index (χ0) is 11.6. The van der Waals surface area contributed by atoms with Crippen LogP contribution in [0.25, 0.3) is 0 Å². The first-order chi connectivity index (χ1) is 6.88. The Labute approximate surface area is 89.2 Å². The second-order valence-electron chi connectivity index (χ2n) is 4.27. The molecule has 0 radical (unpaired) electrons. The Hall–Kier alpha value is -1.58. The number of hydrogen-bond acceptors (Lipinski definition) is 3. The monoisotopic (exact) mass is 208 g/mol. The number of nitrogens with two attached hydrogens (primary N) is 1. The maximum atomic E-state index is 10.6. The van der Waals surface area contributed by atoms with E-state index < -0.39 is 4.92 Å². The van der Waals surface area contributed by atoms with E-state index in [-0.39, 0.29) is 11.1 Å². The van der Waals surface area contributed by atoms with E-state index in [9.17, 15) is 10.1 Å². The summed E-state index contributed by atoms with van der Waals surface area (Å²) in [7, 11) is 0. The van der Waals surface area contributed by atoms with E-state index in [4.69, 9.17) is 5.73 Å². The van der Waals surface area contributed by atoms with Crippen molar-refractivity contribution < 1.29 is 4.92 Å². The van der Waals surface area contributed by atoms with Gasteiger partial charge in [-0.25, -0.2) is 0 Å². The molecule has 0 aliphatic carbocycles. The second kappa shape index (κ2) is 3.88. The lowest BCUT2D eigenvalue weighted by Gasteiger charge is -2.24. The number of rotatable bonds is 3. The van der Waals surface area contributed by atoms with Crippen LogP contribution < -0.4 is 5.73 Å². The van der Waals surface area contributed by atoms with E-state index in [0.29, 0.717) is 5.69 Å². The van der Waals surface area contributed by atoms with Crippen LogP contribution in [0.1, 0.15) is 32.8 Å². The third-order valence-electron chi connectivity index (χ3n) is 2.86. The smallest absolute Gasteiger partial charge is 0.269 e. The SMILES string of the molecule is CCC(C)(C)c1cc([N+](=O)[O-])ccc1N. The summed E-state index contributed by atoms with van der Waals surface area (Å²) in [6, 6.07) is 4.61. The largest absolute Gasteiger partial charge is 0.398 e. The number of benzene rings is 1. The van der Waals surface area contributed by atoms with Gasteiger partial charge < -0.3 is 5.73 Å². The van der Waals surface area contributed by atoms with Crippen LogP contribution in [-0.2, 0) is 5.41 Å². The lowest BCUT2D eigenvalue weighted by Crippen LogP contribution is -2.17. The first kappa shape index (κ1) is 11.5. The van der Waals surface area contributed by atoms with Gasteiger partial charge >= 0.3 is 0 Å². The molecule has 0 heterocycles. The summed E-state index contributed by atoms with van der Waals surface area (Å²) in [5.41, 5.74) is 7.26. The predicted molar refractivity (Wildman–Crippen MR) is 60.8 cm³/mol. The molecule has 1 aromatic rings. The Kier molecular flexibility index (Phi) is 2.98. The average Bonchev–Trinajstić information content (AvgIpc) is 2.17. The van der Waals surface area contributed by atoms with E-state index in [1.807, 2.05) is 20.8 Å². The fourth-order valence-corrected chi connectivity index (χ4v) is 1.43. The molecule has 0 aliphatic rings. The lowest BCUT2D eigenvalue weighted by molar-refractivity contribution is -0.384. The normalized spacial score (nSPS) is 11.4. The summed E-state index contributed by atoms with van der Waals surface area (Å²) in [6.07, 6.45) is 0.887. The molecule has 0 aromatic heterocycles. The minimum absolute atomic E-state index is 0.0979. The van der Waals surface area contributed by atoms with Crippen LogP contribution in [0.5, 0.6) is 0 Å². The molecule has 4 heteroatoms. The van der Waals surface area contributed by atoms with Crippen molar-refractivity contribution in [2.75, 3.05) is 5.73 Å². The third-order valence-corrected chi connectivity index (χ3v) is 2.86. The standard InChI is InChI=1S/C11H16N2O2/c1-4-11(2,3)9-7-8(13(14)15)5-6-10(9)12/h5-7H,4,12H2,1-3H3. The average molecular weight is 208 g/mol. The molecule has 0 bridgehead atoms. The molecule has 1 rings (SSSR count). The number of nitro benzene ring substituents is 1. The molecule has 0 saturated heterocycles. The highest BCUT2D eigenvalue weighted by molar-refractivity contribution is 5.55. The molecule has 0 saturated carbocycles. The summed E-state index contributed by atoms with van der Waals surface area (Å²) in [5, 5.41) is 10.6. The Morgan fingerprint density at radius 3 is 2.53 bits per heavy atom. The first-order valence-electron chi connectivity index (χ1n) is 4.93. The Balaban J connectivity index is 3.28. The van der Waals surface area contributed by atoms with E-state index >= 15 is 0 Å². The number of nitrogens with zero attached hydrogens (tertiary/aromatic N) is 1. The van der Waals surface area contributed by atoms with Crippen molar-refractivity contribution in [3.63, 3.8) is 0 Å². The van der Waals surface area contributed by atoms with Crippen LogP contribution in [0.2, 0.25) is 0 Å². The van der Waals surface area contributed by atoms with Gasteiger partial charge in [-0.3, -0.25) is 10.1 Å². The first-order valence-corrected chi connectivity index (χ1v) is 4.93. The van der Waals surface area contributed by atoms with Crippen molar-refractivity contribution in [3.05, 3.63) is 33.9 Å².